The lowest BCUT2D eigenvalue weighted by Crippen LogP contribution is -2.38. The summed E-state index contributed by atoms with van der Waals surface area (Å²) in [5.74, 6) is -0.142. The Kier molecular flexibility index (Phi) is 5.19. The molecule has 0 saturated carbocycles. The number of sulfonamides is 1. The molecule has 0 aliphatic heterocycles. The van der Waals surface area contributed by atoms with Gasteiger partial charge in [-0.3, -0.25) is 9.52 Å². The Balaban J connectivity index is 1.39. The quantitative estimate of drug-likeness (QED) is 0.669. The van der Waals surface area contributed by atoms with Crippen LogP contribution in [-0.2, 0) is 22.9 Å². The number of aryl methyl sites for hydroxylation is 1. The molecule has 1 amide bonds. The van der Waals surface area contributed by atoms with Crippen molar-refractivity contribution < 1.29 is 13.2 Å². The van der Waals surface area contributed by atoms with Crippen molar-refractivity contribution in [3.8, 4) is 0 Å². The maximum Gasteiger partial charge on any atom is 0.271 e. The standard InChI is InChI=1S/C21H20N2O3S2/c24-21(22-19-12-7-15-4-1-2-5-17(15)14-19)16-8-10-18(11-9-16)23-28(25,26)20-6-3-13-27-20/h1-6,8-11,13,19,23H,7,12,14H2,(H,22,24). The number of hydrogen-bond acceptors (Lipinski definition) is 4. The highest BCUT2D eigenvalue weighted by Crippen LogP contribution is 2.22. The summed E-state index contributed by atoms with van der Waals surface area (Å²) in [6.45, 7) is 0. The van der Waals surface area contributed by atoms with Crippen LogP contribution in [0.1, 0.15) is 27.9 Å². The van der Waals surface area contributed by atoms with E-state index >= 15 is 0 Å². The predicted molar refractivity (Wildman–Crippen MR) is 111 cm³/mol. The lowest BCUT2D eigenvalue weighted by atomic mass is 9.88. The predicted octanol–water partition coefficient (Wildman–Crippen LogP) is 3.84. The van der Waals surface area contributed by atoms with E-state index in [1.807, 2.05) is 12.1 Å². The number of fused-ring (bicyclic) bond motifs is 1. The fourth-order valence-corrected chi connectivity index (χ4v) is 5.45. The fourth-order valence-electron chi connectivity index (χ4n) is 3.40. The lowest BCUT2D eigenvalue weighted by molar-refractivity contribution is 0.0933. The molecule has 28 heavy (non-hydrogen) atoms. The Morgan fingerprint density at radius 2 is 1.71 bits per heavy atom. The third-order valence-corrected chi connectivity index (χ3v) is 7.62. The third kappa shape index (κ3) is 4.10. The second-order valence-corrected chi connectivity index (χ2v) is 9.65. The number of carbonyl (C=O) groups excluding carboxylic acids is 1. The van der Waals surface area contributed by atoms with Crippen LogP contribution in [0.15, 0.2) is 70.3 Å². The molecule has 1 aliphatic carbocycles. The maximum atomic E-state index is 12.6. The van der Waals surface area contributed by atoms with Crippen LogP contribution in [0.3, 0.4) is 0 Å². The van der Waals surface area contributed by atoms with E-state index in [4.69, 9.17) is 0 Å². The highest BCUT2D eigenvalue weighted by Gasteiger charge is 2.20. The van der Waals surface area contributed by atoms with Crippen molar-refractivity contribution in [2.24, 2.45) is 0 Å². The first-order chi connectivity index (χ1) is 13.5. The number of anilines is 1. The average molecular weight is 413 g/mol. The summed E-state index contributed by atoms with van der Waals surface area (Å²) in [5, 5.41) is 4.80. The molecular weight excluding hydrogens is 392 g/mol. The first-order valence-electron chi connectivity index (χ1n) is 9.05. The van der Waals surface area contributed by atoms with Crippen molar-refractivity contribution in [3.05, 3.63) is 82.7 Å². The molecule has 1 aliphatic rings. The van der Waals surface area contributed by atoms with E-state index in [-0.39, 0.29) is 16.2 Å². The summed E-state index contributed by atoms with van der Waals surface area (Å²) in [5.41, 5.74) is 3.59. The van der Waals surface area contributed by atoms with E-state index in [0.717, 1.165) is 30.6 Å². The topological polar surface area (TPSA) is 75.3 Å². The minimum absolute atomic E-state index is 0.111. The molecular formula is C21H20N2O3S2. The van der Waals surface area contributed by atoms with Crippen molar-refractivity contribution in [1.29, 1.82) is 0 Å². The van der Waals surface area contributed by atoms with Crippen LogP contribution in [-0.4, -0.2) is 20.4 Å². The molecule has 2 aromatic carbocycles. The highest BCUT2D eigenvalue weighted by atomic mass is 32.2. The van der Waals surface area contributed by atoms with Gasteiger partial charge in [-0.15, -0.1) is 11.3 Å². The molecule has 2 N–H and O–H groups in total. The second-order valence-electron chi connectivity index (χ2n) is 6.80. The number of nitrogens with one attached hydrogen (secondary N) is 2. The number of thiophene rings is 1. The van der Waals surface area contributed by atoms with Gasteiger partial charge in [-0.2, -0.15) is 0 Å². The molecule has 0 fully saturated rings. The van der Waals surface area contributed by atoms with E-state index in [9.17, 15) is 13.2 Å². The Morgan fingerprint density at radius 1 is 0.964 bits per heavy atom. The Morgan fingerprint density at radius 3 is 2.43 bits per heavy atom. The van der Waals surface area contributed by atoms with E-state index in [1.54, 1.807) is 41.8 Å². The average Bonchev–Trinajstić information content (AvgIpc) is 3.24. The minimum atomic E-state index is -3.59. The van der Waals surface area contributed by atoms with Crippen LogP contribution in [0.25, 0.3) is 0 Å². The molecule has 5 nitrogen and oxygen atoms in total. The third-order valence-electron chi connectivity index (χ3n) is 4.84. The van der Waals surface area contributed by atoms with Crippen LogP contribution in [0.4, 0.5) is 5.69 Å². The largest absolute Gasteiger partial charge is 0.349 e. The summed E-state index contributed by atoms with van der Waals surface area (Å²) in [7, 11) is -3.59. The zero-order valence-corrected chi connectivity index (χ0v) is 16.7. The van der Waals surface area contributed by atoms with E-state index in [2.05, 4.69) is 22.2 Å². The van der Waals surface area contributed by atoms with Gasteiger partial charge in [-0.25, -0.2) is 8.42 Å². The summed E-state index contributed by atoms with van der Waals surface area (Å²) in [6, 6.07) is 18.2. The number of hydrogen-bond donors (Lipinski definition) is 2. The molecule has 1 aromatic heterocycles. The number of amides is 1. The van der Waals surface area contributed by atoms with Gasteiger partial charge in [0, 0.05) is 17.3 Å². The minimum Gasteiger partial charge on any atom is -0.349 e. The van der Waals surface area contributed by atoms with Gasteiger partial charge in [-0.05, 0) is 66.1 Å². The van der Waals surface area contributed by atoms with Crippen molar-refractivity contribution in [2.45, 2.75) is 29.5 Å². The van der Waals surface area contributed by atoms with Crippen LogP contribution >= 0.6 is 11.3 Å². The smallest absolute Gasteiger partial charge is 0.271 e. The normalized spacial score (nSPS) is 16.2. The Labute approximate surface area is 168 Å². The molecule has 0 bridgehead atoms. The van der Waals surface area contributed by atoms with E-state index < -0.39 is 10.0 Å². The summed E-state index contributed by atoms with van der Waals surface area (Å²) in [6.07, 6.45) is 2.71. The van der Waals surface area contributed by atoms with Gasteiger partial charge in [0.1, 0.15) is 4.21 Å². The second kappa shape index (κ2) is 7.77. The highest BCUT2D eigenvalue weighted by molar-refractivity contribution is 7.94. The Hall–Kier alpha value is -2.64. The zero-order valence-electron chi connectivity index (χ0n) is 15.1. The molecule has 0 saturated heterocycles. The van der Waals surface area contributed by atoms with Gasteiger partial charge in [0.05, 0.1) is 0 Å². The molecule has 4 rings (SSSR count). The van der Waals surface area contributed by atoms with Crippen molar-refractivity contribution in [2.75, 3.05) is 4.72 Å². The fraction of sp³-hybridized carbons (Fsp3) is 0.190. The van der Waals surface area contributed by atoms with Gasteiger partial charge in [0.2, 0.25) is 0 Å². The van der Waals surface area contributed by atoms with Gasteiger partial charge >= 0.3 is 0 Å². The van der Waals surface area contributed by atoms with Crippen molar-refractivity contribution in [1.82, 2.24) is 5.32 Å². The molecule has 1 heterocycles. The van der Waals surface area contributed by atoms with Crippen LogP contribution in [0.2, 0.25) is 0 Å². The molecule has 1 unspecified atom stereocenters. The van der Waals surface area contributed by atoms with Crippen molar-refractivity contribution >= 4 is 33.0 Å². The molecule has 144 valence electrons. The molecule has 3 aromatic rings. The SMILES string of the molecule is O=C(NC1CCc2ccccc2C1)c1ccc(NS(=O)(=O)c2cccs2)cc1. The van der Waals surface area contributed by atoms with Gasteiger partial charge in [-0.1, -0.05) is 30.3 Å². The van der Waals surface area contributed by atoms with Gasteiger partial charge < -0.3 is 5.32 Å². The lowest BCUT2D eigenvalue weighted by Gasteiger charge is -2.25. The molecule has 0 spiro atoms. The molecule has 0 radical (unpaired) electrons. The number of rotatable bonds is 5. The van der Waals surface area contributed by atoms with Crippen LogP contribution in [0, 0.1) is 0 Å². The molecule has 7 heteroatoms. The number of benzene rings is 2. The van der Waals surface area contributed by atoms with E-state index in [0.29, 0.717) is 11.3 Å². The summed E-state index contributed by atoms with van der Waals surface area (Å²) < 4.78 is 27.3. The van der Waals surface area contributed by atoms with Crippen molar-refractivity contribution in [3.63, 3.8) is 0 Å². The van der Waals surface area contributed by atoms with Gasteiger partial charge in [0.25, 0.3) is 15.9 Å². The number of carbonyl (C=O) groups is 1. The zero-order chi connectivity index (χ0) is 19.6. The molecule has 1 atom stereocenters. The first kappa shape index (κ1) is 18.7. The maximum absolute atomic E-state index is 12.6. The van der Waals surface area contributed by atoms with Gasteiger partial charge in [0.15, 0.2) is 0 Å². The summed E-state index contributed by atoms with van der Waals surface area (Å²) in [4.78, 5) is 12.6. The van der Waals surface area contributed by atoms with Crippen LogP contribution in [0.5, 0.6) is 0 Å². The van der Waals surface area contributed by atoms with E-state index in [1.165, 1.54) is 11.1 Å². The first-order valence-corrected chi connectivity index (χ1v) is 11.4. The Bertz CT molecular complexity index is 1080. The summed E-state index contributed by atoms with van der Waals surface area (Å²) >= 11 is 1.16. The monoisotopic (exact) mass is 412 g/mol. The van der Waals surface area contributed by atoms with Crippen LogP contribution < -0.4 is 10.0 Å².